The van der Waals surface area contributed by atoms with Gasteiger partial charge in [-0.2, -0.15) is 0 Å². The fourth-order valence-electron chi connectivity index (χ4n) is 15.4. The van der Waals surface area contributed by atoms with Crippen LogP contribution < -0.4 is 0 Å². The maximum absolute atomic E-state index is 11.3. The number of rotatable bonds is 0. The van der Waals surface area contributed by atoms with Crippen molar-refractivity contribution in [1.82, 2.24) is 4.90 Å². The molecule has 15 saturated carbocycles. The number of carbonyl (C=O) groups excluding carboxylic acids is 1. The summed E-state index contributed by atoms with van der Waals surface area (Å²) in [6.45, 7) is 33.1. The summed E-state index contributed by atoms with van der Waals surface area (Å²) in [5, 5.41) is 0. The van der Waals surface area contributed by atoms with Gasteiger partial charge in [0.25, 0.3) is 0 Å². The second-order valence-corrected chi connectivity index (χ2v) is 24.2. The molecule has 2 atom stereocenters. The lowest BCUT2D eigenvalue weighted by molar-refractivity contribution is -0.144. The molecular weight excluding hydrogens is 915 g/mol. The highest BCUT2D eigenvalue weighted by Crippen LogP contribution is 2.53. The molecule has 1 amide bonds. The van der Waals surface area contributed by atoms with Crippen molar-refractivity contribution in [2.45, 2.75) is 366 Å². The van der Waals surface area contributed by atoms with Gasteiger partial charge >= 0.3 is 0 Å². The Hall–Kier alpha value is -0.610. The van der Waals surface area contributed by atoms with Gasteiger partial charge in [0.15, 0.2) is 0 Å². The van der Waals surface area contributed by atoms with Crippen LogP contribution in [-0.2, 0) is 14.3 Å². The summed E-state index contributed by atoms with van der Waals surface area (Å²) in [5.74, 6) is 13.5. The first kappa shape index (κ1) is 72.4. The Kier molecular flexibility index (Phi) is 43.5. The van der Waals surface area contributed by atoms with E-state index < -0.39 is 0 Å². The standard InChI is InChI=1S/C8H13NO.2C8H14.C7H12O.C7H12.C6H10O.C6H10.C5H8.8C2H6/c1-9-7-4-2-6(3-5-7)8(9)10;1-2-8-5-3-7(1)4-6-8;1-2-7-4-5-8(3-1)6-7;1-3-7-4-2-6(1)5-8-7;1-2-7-4-3-6(1)5-7;1-2-6-4-3-5(1)7-6;1-2-6-3-5(1)4-6;1-4-2-5(1)3-4;8*1-2/h6-7H,2-5H2,1H3;2*7-8H,1-6H2;6-7H,1-5H2;6-7H,1-5H2;5-6H,1-4H2;5-6H,1-4H2;4-5H,1-3H2;8*1-2H3. The van der Waals surface area contributed by atoms with Crippen molar-refractivity contribution in [1.29, 1.82) is 0 Å². The van der Waals surface area contributed by atoms with Gasteiger partial charge in [0.05, 0.1) is 18.3 Å². The minimum Gasteiger partial charge on any atom is -0.378 e. The van der Waals surface area contributed by atoms with Gasteiger partial charge in [-0.3, -0.25) is 4.79 Å². The number of hydrogen-bond donors (Lipinski definition) is 0. The second kappa shape index (κ2) is 45.1. The Bertz CT molecular complexity index is 1060. The van der Waals surface area contributed by atoms with Crippen molar-refractivity contribution in [2.75, 3.05) is 13.7 Å². The van der Waals surface area contributed by atoms with Crippen LogP contribution in [0.2, 0.25) is 0 Å². The van der Waals surface area contributed by atoms with Crippen LogP contribution in [0.3, 0.4) is 0 Å². The molecular formula is C71H141NO3. The van der Waals surface area contributed by atoms with E-state index in [1.807, 2.05) is 123 Å². The van der Waals surface area contributed by atoms with E-state index in [0.717, 1.165) is 49.0 Å². The number of carbonyl (C=O) groups is 1. The van der Waals surface area contributed by atoms with Crippen LogP contribution in [0.4, 0.5) is 0 Å². The quantitative estimate of drug-likeness (QED) is 0.243. The van der Waals surface area contributed by atoms with Crippen molar-refractivity contribution >= 4 is 5.91 Å². The highest BCUT2D eigenvalue weighted by molar-refractivity contribution is 5.80. The molecule has 21 aliphatic rings. The Morgan fingerprint density at radius 2 is 0.560 bits per heavy atom. The summed E-state index contributed by atoms with van der Waals surface area (Å²) in [6, 6.07) is 0.581. The molecule has 0 radical (unpaired) electrons. The van der Waals surface area contributed by atoms with E-state index in [-0.39, 0.29) is 0 Å². The van der Waals surface area contributed by atoms with Gasteiger partial charge in [-0.1, -0.05) is 220 Å². The molecule has 0 aromatic heterocycles. The molecule has 4 nitrogen and oxygen atoms in total. The average molecular weight is 1060 g/mol. The Labute approximate surface area is 473 Å². The first-order valence-corrected chi connectivity index (χ1v) is 35.5. The zero-order chi connectivity index (χ0) is 56.0. The van der Waals surface area contributed by atoms with E-state index in [1.165, 1.54) is 106 Å². The lowest BCUT2D eigenvalue weighted by Crippen LogP contribution is -2.49. The molecule has 4 heteroatoms. The highest BCUT2D eigenvalue weighted by Gasteiger charge is 2.41. The molecule has 16 bridgehead atoms. The summed E-state index contributed by atoms with van der Waals surface area (Å²) in [5.41, 5.74) is 0. The molecule has 6 aliphatic heterocycles. The van der Waals surface area contributed by atoms with Crippen LogP contribution in [-0.4, -0.2) is 48.8 Å². The number of fused-ring (bicyclic) bond motifs is 16. The third-order valence-corrected chi connectivity index (χ3v) is 20.1. The molecule has 21 fully saturated rings. The molecule has 0 aromatic rings. The number of piperidine rings is 2. The normalized spacial score (nSPS) is 37.2. The predicted octanol–water partition coefficient (Wildman–Crippen LogP) is 22.7. The maximum atomic E-state index is 11.3. The molecule has 0 spiro atoms. The molecule has 6 heterocycles. The van der Waals surface area contributed by atoms with Crippen LogP contribution in [0.1, 0.15) is 342 Å². The lowest BCUT2D eigenvalue weighted by Gasteiger charge is -2.49. The fourth-order valence-corrected chi connectivity index (χ4v) is 15.4. The van der Waals surface area contributed by atoms with E-state index in [4.69, 9.17) is 9.47 Å². The van der Waals surface area contributed by atoms with Gasteiger partial charge in [-0.05, 0) is 187 Å². The first-order chi connectivity index (χ1) is 36.9. The Morgan fingerprint density at radius 3 is 0.707 bits per heavy atom. The monoisotopic (exact) mass is 1060 g/mol. The molecule has 6 saturated heterocycles. The van der Waals surface area contributed by atoms with Crippen molar-refractivity contribution in [2.24, 2.45) is 71.0 Å². The van der Waals surface area contributed by atoms with E-state index in [9.17, 15) is 4.79 Å². The summed E-state index contributed by atoms with van der Waals surface area (Å²) in [7, 11) is 1.94. The summed E-state index contributed by atoms with van der Waals surface area (Å²) < 4.78 is 10.9. The average Bonchev–Trinajstić information content (AvgIpc) is 4.39. The van der Waals surface area contributed by atoms with Crippen LogP contribution in [0.15, 0.2) is 0 Å². The number of ether oxygens (including phenoxy) is 2. The molecule has 75 heavy (non-hydrogen) atoms. The van der Waals surface area contributed by atoms with Gasteiger partial charge in [0.2, 0.25) is 5.91 Å². The van der Waals surface area contributed by atoms with E-state index in [0.29, 0.717) is 36.2 Å². The third kappa shape index (κ3) is 26.2. The second-order valence-electron chi connectivity index (χ2n) is 24.2. The van der Waals surface area contributed by atoms with Gasteiger partial charge in [-0.15, -0.1) is 0 Å². The highest BCUT2D eigenvalue weighted by atomic mass is 16.5. The maximum Gasteiger partial charge on any atom is 0.225 e. The molecule has 15 aliphatic carbocycles. The summed E-state index contributed by atoms with van der Waals surface area (Å²) in [6.07, 6.45) is 55.2. The van der Waals surface area contributed by atoms with Crippen LogP contribution in [0, 0.1) is 71.0 Å². The van der Waals surface area contributed by atoms with Crippen molar-refractivity contribution in [3.63, 3.8) is 0 Å². The molecule has 0 aromatic carbocycles. The van der Waals surface area contributed by atoms with Crippen LogP contribution in [0.5, 0.6) is 0 Å². The third-order valence-electron chi connectivity index (χ3n) is 20.1. The number of amides is 1. The van der Waals surface area contributed by atoms with Gasteiger partial charge in [0.1, 0.15) is 0 Å². The fraction of sp³-hybridized carbons (Fsp3) is 0.986. The first-order valence-electron chi connectivity index (χ1n) is 35.5. The van der Waals surface area contributed by atoms with Crippen LogP contribution in [0.25, 0.3) is 0 Å². The largest absolute Gasteiger partial charge is 0.378 e. The van der Waals surface area contributed by atoms with Crippen molar-refractivity contribution in [3.05, 3.63) is 0 Å². The minimum atomic E-state index is 0.384. The van der Waals surface area contributed by atoms with Crippen LogP contribution >= 0.6 is 0 Å². The Morgan fingerprint density at radius 1 is 0.293 bits per heavy atom. The molecule has 21 rings (SSSR count). The topological polar surface area (TPSA) is 38.8 Å². The summed E-state index contributed by atoms with van der Waals surface area (Å²) >= 11 is 0. The molecule has 448 valence electrons. The van der Waals surface area contributed by atoms with Crippen molar-refractivity contribution in [3.8, 4) is 0 Å². The van der Waals surface area contributed by atoms with E-state index in [1.54, 1.807) is 148 Å². The SMILES string of the molecule is C1C2CC1C2.C1CC2CC1C2.C1CC2CCC(C1)C2.C1CC2CCC1C2.C1CC2CCC1CC2.C1CC2CCC1CO2.C1CC2CCC1O2.CC.CC.CC.CC.CC.CC.CC.CC.CN1C(=O)C2CCC1CC2. The smallest absolute Gasteiger partial charge is 0.225 e. The molecule has 0 N–H and O–H groups in total. The zero-order valence-electron chi connectivity index (χ0n) is 54.6. The number of nitrogens with zero attached hydrogens (tertiary/aromatic N) is 1. The lowest BCUT2D eigenvalue weighted by atomic mass is 9.56. The van der Waals surface area contributed by atoms with Gasteiger partial charge in [0, 0.05) is 25.6 Å². The van der Waals surface area contributed by atoms with Gasteiger partial charge < -0.3 is 14.4 Å². The van der Waals surface area contributed by atoms with E-state index in [2.05, 4.69) is 0 Å². The summed E-state index contributed by atoms with van der Waals surface area (Å²) in [4.78, 5) is 13.3. The minimum absolute atomic E-state index is 0.384. The molecule has 2 unspecified atom stereocenters. The predicted molar refractivity (Wildman–Crippen MR) is 334 cm³/mol. The Balaban J connectivity index is 0.000000414. The van der Waals surface area contributed by atoms with E-state index >= 15 is 0 Å². The van der Waals surface area contributed by atoms with Gasteiger partial charge in [-0.25, -0.2) is 0 Å². The number of hydrogen-bond acceptors (Lipinski definition) is 3. The zero-order valence-corrected chi connectivity index (χ0v) is 54.6. The van der Waals surface area contributed by atoms with Crippen molar-refractivity contribution < 1.29 is 14.3 Å².